The van der Waals surface area contributed by atoms with Gasteiger partial charge in [-0.15, -0.1) is 0 Å². The summed E-state index contributed by atoms with van der Waals surface area (Å²) in [5.41, 5.74) is 7.66. The van der Waals surface area contributed by atoms with Crippen LogP contribution in [0.15, 0.2) is 42.9 Å². The monoisotopic (exact) mass is 201 g/mol. The highest BCUT2D eigenvalue weighted by molar-refractivity contribution is 5.28. The molecule has 0 saturated carbocycles. The third kappa shape index (κ3) is 4.76. The van der Waals surface area contributed by atoms with E-state index in [4.69, 9.17) is 5.73 Å². The highest BCUT2D eigenvalue weighted by Gasteiger charge is 1.81. The Morgan fingerprint density at radius 1 is 1.00 bits per heavy atom. The topological polar surface area (TPSA) is 51.8 Å². The average Bonchev–Trinajstić information content (AvgIpc) is 2.25. The lowest BCUT2D eigenvalue weighted by Crippen LogP contribution is -1.87. The summed E-state index contributed by atoms with van der Waals surface area (Å²) in [7, 11) is 0. The number of pyridine rings is 2. The summed E-state index contributed by atoms with van der Waals surface area (Å²) in [4.78, 5) is 7.74. The Morgan fingerprint density at radius 2 is 1.73 bits per heavy atom. The van der Waals surface area contributed by atoms with Crippen molar-refractivity contribution < 1.29 is 0 Å². The van der Waals surface area contributed by atoms with Crippen LogP contribution in [0.5, 0.6) is 0 Å². The van der Waals surface area contributed by atoms with Crippen molar-refractivity contribution in [2.75, 3.05) is 5.73 Å². The van der Waals surface area contributed by atoms with Crippen LogP contribution in [-0.4, -0.2) is 9.97 Å². The van der Waals surface area contributed by atoms with Crippen molar-refractivity contribution in [2.45, 2.75) is 13.8 Å². The first kappa shape index (κ1) is 11.2. The molecule has 0 saturated heterocycles. The zero-order valence-corrected chi connectivity index (χ0v) is 9.01. The number of aromatic nitrogens is 2. The number of nitrogens with zero attached hydrogens (tertiary/aromatic N) is 2. The summed E-state index contributed by atoms with van der Waals surface area (Å²) >= 11 is 0. The van der Waals surface area contributed by atoms with Crippen LogP contribution < -0.4 is 5.73 Å². The molecule has 3 nitrogen and oxygen atoms in total. The summed E-state index contributed by atoms with van der Waals surface area (Å²) in [6.07, 6.45) is 5.35. The van der Waals surface area contributed by atoms with Crippen LogP contribution in [0.4, 0.5) is 5.82 Å². The number of nitrogen functional groups attached to an aromatic ring is 1. The highest BCUT2D eigenvalue weighted by Crippen LogP contribution is 1.97. The van der Waals surface area contributed by atoms with Crippen molar-refractivity contribution in [1.82, 2.24) is 9.97 Å². The van der Waals surface area contributed by atoms with Gasteiger partial charge in [0.2, 0.25) is 0 Å². The summed E-state index contributed by atoms with van der Waals surface area (Å²) in [6.45, 7) is 4.00. The fourth-order valence-electron chi connectivity index (χ4n) is 0.927. The highest BCUT2D eigenvalue weighted by atomic mass is 14.8. The number of hydrogen-bond donors (Lipinski definition) is 1. The standard InChI is InChI=1S/C6H8N2.C6H7N/c1-5-2-3-6(7)8-4-5;1-6-3-2-4-7-5-6/h2-4H,1H3,(H2,7,8);2-5H,1H3. The van der Waals surface area contributed by atoms with Gasteiger partial charge in [-0.05, 0) is 37.1 Å². The Bertz CT molecular complexity index is 360. The molecule has 0 unspecified atom stereocenters. The smallest absolute Gasteiger partial charge is 0.123 e. The zero-order valence-electron chi connectivity index (χ0n) is 9.01. The molecule has 15 heavy (non-hydrogen) atoms. The van der Waals surface area contributed by atoms with Crippen LogP contribution in [0, 0.1) is 13.8 Å². The summed E-state index contributed by atoms with van der Waals surface area (Å²) < 4.78 is 0. The van der Waals surface area contributed by atoms with E-state index >= 15 is 0 Å². The lowest BCUT2D eigenvalue weighted by atomic mass is 10.3. The molecule has 2 aromatic heterocycles. The maximum Gasteiger partial charge on any atom is 0.123 e. The molecule has 0 aromatic carbocycles. The number of aryl methyl sites for hydroxylation is 2. The fourth-order valence-corrected chi connectivity index (χ4v) is 0.927. The molecule has 0 atom stereocenters. The predicted molar refractivity (Wildman–Crippen MR) is 62.4 cm³/mol. The SMILES string of the molecule is Cc1ccc(N)nc1.Cc1cccnc1. The molecule has 78 valence electrons. The van der Waals surface area contributed by atoms with Crippen molar-refractivity contribution >= 4 is 5.82 Å². The molecule has 0 fully saturated rings. The van der Waals surface area contributed by atoms with Crippen LogP contribution in [0.2, 0.25) is 0 Å². The maximum absolute atomic E-state index is 5.32. The predicted octanol–water partition coefficient (Wildman–Crippen LogP) is 2.36. The van der Waals surface area contributed by atoms with Gasteiger partial charge in [-0.25, -0.2) is 4.98 Å². The average molecular weight is 201 g/mol. The van der Waals surface area contributed by atoms with E-state index in [1.54, 1.807) is 18.5 Å². The molecule has 0 radical (unpaired) electrons. The number of rotatable bonds is 0. The molecule has 0 amide bonds. The normalized spacial score (nSPS) is 8.93. The first-order valence-corrected chi connectivity index (χ1v) is 4.73. The number of nitrogens with two attached hydrogens (primary N) is 1. The molecule has 2 aromatic rings. The number of anilines is 1. The molecule has 0 spiro atoms. The van der Waals surface area contributed by atoms with Gasteiger partial charge in [0.25, 0.3) is 0 Å². The second-order valence-corrected chi connectivity index (χ2v) is 3.29. The van der Waals surface area contributed by atoms with E-state index in [0.29, 0.717) is 5.82 Å². The van der Waals surface area contributed by atoms with Gasteiger partial charge < -0.3 is 5.73 Å². The first-order valence-electron chi connectivity index (χ1n) is 4.73. The van der Waals surface area contributed by atoms with Gasteiger partial charge in [0.05, 0.1) is 0 Å². The van der Waals surface area contributed by atoms with Crippen LogP contribution in [0.25, 0.3) is 0 Å². The van der Waals surface area contributed by atoms with Gasteiger partial charge in [0.1, 0.15) is 5.82 Å². The second-order valence-electron chi connectivity index (χ2n) is 3.29. The largest absolute Gasteiger partial charge is 0.384 e. The number of hydrogen-bond acceptors (Lipinski definition) is 3. The van der Waals surface area contributed by atoms with Crippen molar-refractivity contribution in [3.63, 3.8) is 0 Å². The van der Waals surface area contributed by atoms with Crippen LogP contribution in [-0.2, 0) is 0 Å². The van der Waals surface area contributed by atoms with E-state index in [-0.39, 0.29) is 0 Å². The van der Waals surface area contributed by atoms with Gasteiger partial charge in [-0.1, -0.05) is 12.1 Å². The van der Waals surface area contributed by atoms with E-state index < -0.39 is 0 Å². The molecule has 0 bridgehead atoms. The van der Waals surface area contributed by atoms with E-state index in [9.17, 15) is 0 Å². The van der Waals surface area contributed by atoms with E-state index in [1.165, 1.54) is 5.56 Å². The Kier molecular flexibility index (Phi) is 4.29. The molecule has 3 heteroatoms. The van der Waals surface area contributed by atoms with E-state index in [2.05, 4.69) is 9.97 Å². The molecule has 2 N–H and O–H groups in total. The fraction of sp³-hybridized carbons (Fsp3) is 0.167. The van der Waals surface area contributed by atoms with Crippen LogP contribution >= 0.6 is 0 Å². The molecule has 0 aliphatic carbocycles. The molecular weight excluding hydrogens is 186 g/mol. The molecule has 2 rings (SSSR count). The summed E-state index contributed by atoms with van der Waals surface area (Å²) in [5.74, 6) is 0.579. The van der Waals surface area contributed by atoms with Gasteiger partial charge in [-0.3, -0.25) is 4.98 Å². The van der Waals surface area contributed by atoms with E-state index in [1.807, 2.05) is 38.2 Å². The molecular formula is C12H15N3. The minimum Gasteiger partial charge on any atom is -0.384 e. The summed E-state index contributed by atoms with van der Waals surface area (Å²) in [5, 5.41) is 0. The molecule has 2 heterocycles. The lowest BCUT2D eigenvalue weighted by Gasteiger charge is -1.89. The molecule has 0 aliphatic heterocycles. The second kappa shape index (κ2) is 5.75. The minimum atomic E-state index is 0.579. The van der Waals surface area contributed by atoms with E-state index in [0.717, 1.165) is 5.56 Å². The third-order valence-electron chi connectivity index (χ3n) is 1.74. The van der Waals surface area contributed by atoms with Gasteiger partial charge >= 0.3 is 0 Å². The molecule has 0 aliphatic rings. The van der Waals surface area contributed by atoms with Crippen molar-refractivity contribution in [3.8, 4) is 0 Å². The Morgan fingerprint density at radius 3 is 2.07 bits per heavy atom. The van der Waals surface area contributed by atoms with Crippen molar-refractivity contribution in [2.24, 2.45) is 0 Å². The third-order valence-corrected chi connectivity index (χ3v) is 1.74. The van der Waals surface area contributed by atoms with Crippen molar-refractivity contribution in [3.05, 3.63) is 54.0 Å². The Labute approximate surface area is 90.0 Å². The zero-order chi connectivity index (χ0) is 11.1. The van der Waals surface area contributed by atoms with Gasteiger partial charge in [-0.2, -0.15) is 0 Å². The lowest BCUT2D eigenvalue weighted by molar-refractivity contribution is 1.27. The van der Waals surface area contributed by atoms with Crippen molar-refractivity contribution in [1.29, 1.82) is 0 Å². The quantitative estimate of drug-likeness (QED) is 0.711. The Hall–Kier alpha value is -1.90. The van der Waals surface area contributed by atoms with Gasteiger partial charge in [0.15, 0.2) is 0 Å². The van der Waals surface area contributed by atoms with Gasteiger partial charge in [0, 0.05) is 18.6 Å². The van der Waals surface area contributed by atoms with Crippen LogP contribution in [0.1, 0.15) is 11.1 Å². The Balaban J connectivity index is 0.000000151. The van der Waals surface area contributed by atoms with Crippen LogP contribution in [0.3, 0.4) is 0 Å². The minimum absolute atomic E-state index is 0.579. The first-order chi connectivity index (χ1) is 7.18. The maximum atomic E-state index is 5.32. The summed E-state index contributed by atoms with van der Waals surface area (Å²) in [6, 6.07) is 7.67.